The zero-order valence-electron chi connectivity index (χ0n) is 8.82. The van der Waals surface area contributed by atoms with E-state index in [1.165, 1.54) is 0 Å². The van der Waals surface area contributed by atoms with E-state index in [-0.39, 0.29) is 30.3 Å². The standard InChI is InChI=1S/C11H17NO3/c13-5-3-9-2-1-4-12(9)11(15)8-6-10(14)7-8/h8-9,13H,1-7H2. The maximum absolute atomic E-state index is 12.0. The molecule has 1 aliphatic carbocycles. The van der Waals surface area contributed by atoms with Gasteiger partial charge in [0.2, 0.25) is 5.91 Å². The van der Waals surface area contributed by atoms with Gasteiger partial charge in [0, 0.05) is 32.0 Å². The Labute approximate surface area is 89.3 Å². The van der Waals surface area contributed by atoms with Gasteiger partial charge in [0.25, 0.3) is 0 Å². The van der Waals surface area contributed by atoms with Crippen LogP contribution >= 0.6 is 0 Å². The van der Waals surface area contributed by atoms with Crippen molar-refractivity contribution in [2.75, 3.05) is 13.2 Å². The number of hydrogen-bond acceptors (Lipinski definition) is 3. The van der Waals surface area contributed by atoms with Crippen molar-refractivity contribution in [1.82, 2.24) is 4.90 Å². The van der Waals surface area contributed by atoms with E-state index >= 15 is 0 Å². The van der Waals surface area contributed by atoms with E-state index in [1.807, 2.05) is 4.90 Å². The molecule has 15 heavy (non-hydrogen) atoms. The molecule has 0 bridgehead atoms. The van der Waals surface area contributed by atoms with Crippen molar-refractivity contribution in [1.29, 1.82) is 0 Å². The molecule has 1 atom stereocenters. The van der Waals surface area contributed by atoms with Crippen molar-refractivity contribution in [3.05, 3.63) is 0 Å². The summed E-state index contributed by atoms with van der Waals surface area (Å²) < 4.78 is 0. The molecular weight excluding hydrogens is 194 g/mol. The van der Waals surface area contributed by atoms with E-state index < -0.39 is 0 Å². The van der Waals surface area contributed by atoms with Crippen LogP contribution in [0.3, 0.4) is 0 Å². The predicted molar refractivity (Wildman–Crippen MR) is 54.2 cm³/mol. The summed E-state index contributed by atoms with van der Waals surface area (Å²) in [5, 5.41) is 8.89. The first kappa shape index (κ1) is 10.6. The van der Waals surface area contributed by atoms with Crippen LogP contribution < -0.4 is 0 Å². The van der Waals surface area contributed by atoms with Crippen LogP contribution in [0.5, 0.6) is 0 Å². The van der Waals surface area contributed by atoms with Crippen LogP contribution in [-0.4, -0.2) is 40.9 Å². The molecule has 2 fully saturated rings. The van der Waals surface area contributed by atoms with Crippen LogP contribution in [0.4, 0.5) is 0 Å². The first-order chi connectivity index (χ1) is 7.22. The molecular formula is C11H17NO3. The average Bonchev–Trinajstić information content (AvgIpc) is 2.61. The van der Waals surface area contributed by atoms with Gasteiger partial charge in [-0.05, 0) is 19.3 Å². The monoisotopic (exact) mass is 211 g/mol. The molecule has 2 rings (SSSR count). The van der Waals surface area contributed by atoms with Crippen LogP contribution in [-0.2, 0) is 9.59 Å². The lowest BCUT2D eigenvalue weighted by molar-refractivity contribution is -0.145. The Morgan fingerprint density at radius 2 is 2.20 bits per heavy atom. The summed E-state index contributed by atoms with van der Waals surface area (Å²) in [6, 6.07) is 0.207. The summed E-state index contributed by atoms with van der Waals surface area (Å²) in [4.78, 5) is 24.6. The minimum Gasteiger partial charge on any atom is -0.396 e. The molecule has 0 aromatic carbocycles. The fourth-order valence-electron chi connectivity index (χ4n) is 2.47. The Morgan fingerprint density at radius 3 is 2.80 bits per heavy atom. The van der Waals surface area contributed by atoms with Crippen LogP contribution in [0.15, 0.2) is 0 Å². The van der Waals surface area contributed by atoms with Gasteiger partial charge in [-0.25, -0.2) is 0 Å². The van der Waals surface area contributed by atoms with Gasteiger partial charge < -0.3 is 10.0 Å². The zero-order valence-corrected chi connectivity index (χ0v) is 8.82. The zero-order chi connectivity index (χ0) is 10.8. The predicted octanol–water partition coefficient (Wildman–Crippen LogP) is 0.339. The number of amides is 1. The highest BCUT2D eigenvalue weighted by Crippen LogP contribution is 2.29. The van der Waals surface area contributed by atoms with Crippen molar-refractivity contribution >= 4 is 11.7 Å². The van der Waals surface area contributed by atoms with E-state index in [1.54, 1.807) is 0 Å². The Bertz CT molecular complexity index is 269. The van der Waals surface area contributed by atoms with Crippen LogP contribution in [0, 0.1) is 5.92 Å². The number of carbonyl (C=O) groups excluding carboxylic acids is 2. The molecule has 0 radical (unpaired) electrons. The highest BCUT2D eigenvalue weighted by atomic mass is 16.3. The molecule has 0 aromatic heterocycles. The Balaban J connectivity index is 1.91. The van der Waals surface area contributed by atoms with Crippen molar-refractivity contribution in [3.8, 4) is 0 Å². The molecule has 4 nitrogen and oxygen atoms in total. The first-order valence-corrected chi connectivity index (χ1v) is 5.65. The molecule has 0 aromatic rings. The van der Waals surface area contributed by atoms with Gasteiger partial charge in [-0.1, -0.05) is 0 Å². The molecule has 0 spiro atoms. The molecule has 1 heterocycles. The second kappa shape index (κ2) is 4.31. The van der Waals surface area contributed by atoms with E-state index in [0.29, 0.717) is 19.3 Å². The van der Waals surface area contributed by atoms with Gasteiger partial charge in [0.1, 0.15) is 5.78 Å². The van der Waals surface area contributed by atoms with E-state index in [9.17, 15) is 9.59 Å². The minimum absolute atomic E-state index is 0.0585. The largest absolute Gasteiger partial charge is 0.396 e. The fourth-order valence-corrected chi connectivity index (χ4v) is 2.47. The number of nitrogens with zero attached hydrogens (tertiary/aromatic N) is 1. The van der Waals surface area contributed by atoms with Crippen molar-refractivity contribution in [2.45, 2.75) is 38.1 Å². The minimum atomic E-state index is -0.0585. The van der Waals surface area contributed by atoms with Gasteiger partial charge in [0.15, 0.2) is 0 Å². The van der Waals surface area contributed by atoms with Crippen LogP contribution in [0.2, 0.25) is 0 Å². The highest BCUT2D eigenvalue weighted by molar-refractivity contribution is 5.96. The second-order valence-electron chi connectivity index (χ2n) is 4.48. The van der Waals surface area contributed by atoms with Gasteiger partial charge in [-0.3, -0.25) is 9.59 Å². The summed E-state index contributed by atoms with van der Waals surface area (Å²) >= 11 is 0. The van der Waals surface area contributed by atoms with Crippen molar-refractivity contribution in [3.63, 3.8) is 0 Å². The molecule has 1 saturated heterocycles. The number of ketones is 1. The van der Waals surface area contributed by atoms with E-state index in [0.717, 1.165) is 19.4 Å². The Hall–Kier alpha value is -0.900. The normalized spacial score (nSPS) is 26.9. The second-order valence-corrected chi connectivity index (χ2v) is 4.48. The number of aliphatic hydroxyl groups excluding tert-OH is 1. The maximum atomic E-state index is 12.0. The van der Waals surface area contributed by atoms with E-state index in [2.05, 4.69) is 0 Å². The average molecular weight is 211 g/mol. The lowest BCUT2D eigenvalue weighted by atomic mass is 9.83. The first-order valence-electron chi connectivity index (χ1n) is 5.65. The third-order valence-electron chi connectivity index (χ3n) is 3.42. The van der Waals surface area contributed by atoms with Crippen molar-refractivity contribution < 1.29 is 14.7 Å². The molecule has 1 amide bonds. The molecule has 1 N–H and O–H groups in total. The lowest BCUT2D eigenvalue weighted by Crippen LogP contribution is -2.44. The quantitative estimate of drug-likeness (QED) is 0.732. The number of Topliss-reactive ketones (excluding diaryl/α,β-unsaturated/α-hetero) is 1. The fraction of sp³-hybridized carbons (Fsp3) is 0.818. The van der Waals surface area contributed by atoms with Gasteiger partial charge in [0.05, 0.1) is 5.92 Å². The summed E-state index contributed by atoms with van der Waals surface area (Å²) in [7, 11) is 0. The third-order valence-corrected chi connectivity index (χ3v) is 3.42. The highest BCUT2D eigenvalue weighted by Gasteiger charge is 2.38. The van der Waals surface area contributed by atoms with Crippen LogP contribution in [0.1, 0.15) is 32.1 Å². The maximum Gasteiger partial charge on any atom is 0.226 e. The summed E-state index contributed by atoms with van der Waals surface area (Å²) in [6.07, 6.45) is 3.55. The number of aliphatic hydroxyl groups is 1. The summed E-state index contributed by atoms with van der Waals surface area (Å²) in [5.74, 6) is 0.272. The van der Waals surface area contributed by atoms with Gasteiger partial charge >= 0.3 is 0 Å². The molecule has 1 unspecified atom stereocenters. The van der Waals surface area contributed by atoms with Gasteiger partial charge in [-0.15, -0.1) is 0 Å². The Morgan fingerprint density at radius 1 is 1.47 bits per heavy atom. The number of hydrogen-bond donors (Lipinski definition) is 1. The Kier molecular flexibility index (Phi) is 3.05. The molecule has 1 saturated carbocycles. The molecule has 84 valence electrons. The number of rotatable bonds is 3. The molecule has 2 aliphatic rings. The summed E-state index contributed by atoms with van der Waals surface area (Å²) in [5.41, 5.74) is 0. The third kappa shape index (κ3) is 2.04. The topological polar surface area (TPSA) is 57.6 Å². The summed E-state index contributed by atoms with van der Waals surface area (Å²) in [6.45, 7) is 0.937. The molecule has 1 aliphatic heterocycles. The van der Waals surface area contributed by atoms with Crippen molar-refractivity contribution in [2.24, 2.45) is 5.92 Å². The SMILES string of the molecule is O=C1CC(C(=O)N2CCCC2CCO)C1. The van der Waals surface area contributed by atoms with Gasteiger partial charge in [-0.2, -0.15) is 0 Å². The smallest absolute Gasteiger partial charge is 0.226 e. The number of likely N-dealkylation sites (tertiary alicyclic amines) is 1. The molecule has 4 heteroatoms. The van der Waals surface area contributed by atoms with Crippen LogP contribution in [0.25, 0.3) is 0 Å². The lowest BCUT2D eigenvalue weighted by Gasteiger charge is -2.31. The number of carbonyl (C=O) groups is 2. The van der Waals surface area contributed by atoms with E-state index in [4.69, 9.17) is 5.11 Å².